The lowest BCUT2D eigenvalue weighted by molar-refractivity contribution is -0.384. The standard InChI is InChI=1S/C23H19Cl2F3N4O4/c1-11-7-14(24)5-6-18(11)36-17-9-15(8-16(10-17)32(34)35)29-22(33)12(2)31-20(13-3-4-13)19(25)21(30-31)23(26,27)28/h5-10,12-13H,3-4H2,1-2H3,(H,29,33). The molecule has 1 N–H and O–H groups in total. The lowest BCUT2D eigenvalue weighted by Crippen LogP contribution is -2.26. The van der Waals surface area contributed by atoms with Crippen LogP contribution in [-0.4, -0.2) is 20.6 Å². The molecule has 0 spiro atoms. The van der Waals surface area contributed by atoms with E-state index in [-0.39, 0.29) is 28.7 Å². The van der Waals surface area contributed by atoms with Gasteiger partial charge in [0.2, 0.25) is 5.91 Å². The summed E-state index contributed by atoms with van der Waals surface area (Å²) in [5, 5.41) is 17.5. The number of carbonyl (C=O) groups is 1. The lowest BCUT2D eigenvalue weighted by atomic mass is 10.2. The van der Waals surface area contributed by atoms with E-state index in [1.54, 1.807) is 25.1 Å². The highest BCUT2D eigenvalue weighted by atomic mass is 35.5. The van der Waals surface area contributed by atoms with Gasteiger partial charge in [-0.05, 0) is 50.5 Å². The molecule has 1 amide bonds. The van der Waals surface area contributed by atoms with E-state index < -0.39 is 33.8 Å². The van der Waals surface area contributed by atoms with E-state index in [0.717, 1.165) is 10.7 Å². The third-order valence-corrected chi connectivity index (χ3v) is 6.21. The number of aryl methyl sites for hydroxylation is 1. The van der Waals surface area contributed by atoms with Crippen molar-refractivity contribution in [1.82, 2.24) is 9.78 Å². The van der Waals surface area contributed by atoms with Crippen LogP contribution in [0, 0.1) is 17.0 Å². The van der Waals surface area contributed by atoms with Gasteiger partial charge in [0, 0.05) is 23.1 Å². The number of amides is 1. The molecular formula is C23H19Cl2F3N4O4. The molecule has 1 fully saturated rings. The number of hydrogen-bond acceptors (Lipinski definition) is 5. The van der Waals surface area contributed by atoms with Gasteiger partial charge in [0.25, 0.3) is 5.69 Å². The monoisotopic (exact) mass is 542 g/mol. The molecule has 1 saturated carbocycles. The van der Waals surface area contributed by atoms with Crippen LogP contribution in [0.1, 0.15) is 48.7 Å². The first kappa shape index (κ1) is 25.8. The molecule has 1 unspecified atom stereocenters. The van der Waals surface area contributed by atoms with Crippen LogP contribution in [0.4, 0.5) is 24.5 Å². The molecular weight excluding hydrogens is 524 g/mol. The highest BCUT2D eigenvalue weighted by Gasteiger charge is 2.43. The van der Waals surface area contributed by atoms with Crippen LogP contribution in [-0.2, 0) is 11.0 Å². The zero-order valence-corrected chi connectivity index (χ0v) is 20.4. The van der Waals surface area contributed by atoms with Gasteiger partial charge in [0.05, 0.1) is 27.4 Å². The first-order chi connectivity index (χ1) is 16.8. The van der Waals surface area contributed by atoms with E-state index >= 15 is 0 Å². The van der Waals surface area contributed by atoms with Crippen molar-refractivity contribution in [3.63, 3.8) is 0 Å². The number of nitrogens with zero attached hydrogens (tertiary/aromatic N) is 3. The quantitative estimate of drug-likeness (QED) is 0.249. The number of rotatable bonds is 7. The van der Waals surface area contributed by atoms with Crippen molar-refractivity contribution >= 4 is 40.5 Å². The van der Waals surface area contributed by atoms with Crippen LogP contribution in [0.3, 0.4) is 0 Å². The fourth-order valence-corrected chi connectivity index (χ4v) is 4.27. The summed E-state index contributed by atoms with van der Waals surface area (Å²) in [6, 6.07) is 7.32. The molecule has 2 aromatic carbocycles. The van der Waals surface area contributed by atoms with Gasteiger partial charge in [-0.3, -0.25) is 19.6 Å². The van der Waals surface area contributed by atoms with Crippen LogP contribution < -0.4 is 10.1 Å². The number of nitro benzene ring substituents is 1. The Labute approximate surface area is 213 Å². The first-order valence-electron chi connectivity index (χ1n) is 10.7. The summed E-state index contributed by atoms with van der Waals surface area (Å²) >= 11 is 11.9. The minimum absolute atomic E-state index is 0.0185. The molecule has 0 radical (unpaired) electrons. The maximum Gasteiger partial charge on any atom is 0.436 e. The SMILES string of the molecule is Cc1cc(Cl)ccc1Oc1cc(NC(=O)C(C)n2nc(C(F)(F)F)c(Cl)c2C2CC2)cc([N+](=O)[O-])c1. The molecule has 0 bridgehead atoms. The molecule has 0 aliphatic heterocycles. The maximum absolute atomic E-state index is 13.4. The minimum Gasteiger partial charge on any atom is -0.457 e. The molecule has 190 valence electrons. The van der Waals surface area contributed by atoms with Crippen molar-refractivity contribution in [1.29, 1.82) is 0 Å². The molecule has 13 heteroatoms. The largest absolute Gasteiger partial charge is 0.457 e. The molecule has 1 aromatic heterocycles. The predicted molar refractivity (Wildman–Crippen MR) is 127 cm³/mol. The lowest BCUT2D eigenvalue weighted by Gasteiger charge is -2.16. The molecule has 36 heavy (non-hydrogen) atoms. The molecule has 1 aliphatic carbocycles. The van der Waals surface area contributed by atoms with Crippen LogP contribution in [0.25, 0.3) is 0 Å². The topological polar surface area (TPSA) is 99.3 Å². The van der Waals surface area contributed by atoms with Crippen LogP contribution in [0.15, 0.2) is 36.4 Å². The Kier molecular flexibility index (Phi) is 6.89. The van der Waals surface area contributed by atoms with Gasteiger partial charge < -0.3 is 10.1 Å². The molecule has 1 atom stereocenters. The first-order valence-corrected chi connectivity index (χ1v) is 11.5. The molecule has 3 aromatic rings. The molecule has 8 nitrogen and oxygen atoms in total. The Morgan fingerprint density at radius 1 is 1.25 bits per heavy atom. The molecule has 1 aliphatic rings. The van der Waals surface area contributed by atoms with E-state index in [0.29, 0.717) is 29.2 Å². The van der Waals surface area contributed by atoms with Gasteiger partial charge in [-0.25, -0.2) is 0 Å². The summed E-state index contributed by atoms with van der Waals surface area (Å²) in [6.07, 6.45) is -3.52. The van der Waals surface area contributed by atoms with Crippen LogP contribution >= 0.6 is 23.2 Å². The van der Waals surface area contributed by atoms with Crippen molar-refractivity contribution < 1.29 is 27.6 Å². The minimum atomic E-state index is -4.78. The average Bonchev–Trinajstić information content (AvgIpc) is 3.55. The van der Waals surface area contributed by atoms with Crippen LogP contribution in [0.2, 0.25) is 10.0 Å². The van der Waals surface area contributed by atoms with Crippen molar-refractivity contribution in [3.8, 4) is 11.5 Å². The van der Waals surface area contributed by atoms with E-state index in [1.165, 1.54) is 19.1 Å². The Morgan fingerprint density at radius 2 is 1.94 bits per heavy atom. The smallest absolute Gasteiger partial charge is 0.436 e. The van der Waals surface area contributed by atoms with Crippen LogP contribution in [0.5, 0.6) is 11.5 Å². The zero-order valence-electron chi connectivity index (χ0n) is 18.9. The molecule has 1 heterocycles. The summed E-state index contributed by atoms with van der Waals surface area (Å²) in [4.78, 5) is 23.8. The Balaban J connectivity index is 1.63. The number of ether oxygens (including phenoxy) is 1. The molecule has 4 rings (SSSR count). The number of anilines is 1. The number of benzene rings is 2. The Morgan fingerprint density at radius 3 is 2.53 bits per heavy atom. The van der Waals surface area contributed by atoms with Gasteiger partial charge in [0.15, 0.2) is 5.69 Å². The van der Waals surface area contributed by atoms with Gasteiger partial charge in [-0.2, -0.15) is 18.3 Å². The van der Waals surface area contributed by atoms with E-state index in [4.69, 9.17) is 27.9 Å². The van der Waals surface area contributed by atoms with E-state index in [1.807, 2.05) is 0 Å². The van der Waals surface area contributed by atoms with E-state index in [2.05, 4.69) is 10.4 Å². The second-order valence-electron chi connectivity index (χ2n) is 8.41. The third-order valence-electron chi connectivity index (χ3n) is 5.60. The fourth-order valence-electron chi connectivity index (χ4n) is 3.66. The second kappa shape index (κ2) is 9.62. The maximum atomic E-state index is 13.4. The van der Waals surface area contributed by atoms with Gasteiger partial charge in [-0.15, -0.1) is 0 Å². The number of alkyl halides is 3. The number of carbonyl (C=O) groups excluding carboxylic acids is 1. The Hall–Kier alpha value is -3.31. The summed E-state index contributed by atoms with van der Waals surface area (Å²) in [7, 11) is 0. The third kappa shape index (κ3) is 5.41. The van der Waals surface area contributed by atoms with E-state index in [9.17, 15) is 28.1 Å². The highest BCUT2D eigenvalue weighted by molar-refractivity contribution is 6.32. The number of nitro groups is 1. The zero-order chi connectivity index (χ0) is 26.4. The summed E-state index contributed by atoms with van der Waals surface area (Å²) in [5.74, 6) is -0.501. The summed E-state index contributed by atoms with van der Waals surface area (Å²) in [6.45, 7) is 3.11. The summed E-state index contributed by atoms with van der Waals surface area (Å²) < 4.78 is 46.9. The number of hydrogen-bond donors (Lipinski definition) is 1. The number of nitrogens with one attached hydrogen (secondary N) is 1. The number of aromatic nitrogens is 2. The number of non-ortho nitro benzene ring substituents is 1. The second-order valence-corrected chi connectivity index (χ2v) is 9.23. The highest BCUT2D eigenvalue weighted by Crippen LogP contribution is 2.47. The number of halogens is 5. The predicted octanol–water partition coefficient (Wildman–Crippen LogP) is 7.29. The van der Waals surface area contributed by atoms with Crippen molar-refractivity contribution in [3.05, 3.63) is 73.5 Å². The fraction of sp³-hybridized carbons (Fsp3) is 0.304. The van der Waals surface area contributed by atoms with Crippen molar-refractivity contribution in [2.45, 2.75) is 44.8 Å². The van der Waals surface area contributed by atoms with Crippen molar-refractivity contribution in [2.24, 2.45) is 0 Å². The molecule has 0 saturated heterocycles. The summed E-state index contributed by atoms with van der Waals surface area (Å²) in [5.41, 5.74) is -0.771. The van der Waals surface area contributed by atoms with Gasteiger partial charge >= 0.3 is 6.18 Å². The van der Waals surface area contributed by atoms with Gasteiger partial charge in [-0.1, -0.05) is 23.2 Å². The average molecular weight is 543 g/mol. The van der Waals surface area contributed by atoms with Crippen molar-refractivity contribution in [2.75, 3.05) is 5.32 Å². The normalized spacial score (nSPS) is 14.4. The van der Waals surface area contributed by atoms with Gasteiger partial charge in [0.1, 0.15) is 17.5 Å². The Bertz CT molecular complexity index is 1360.